The minimum Gasteiger partial charge on any atom is -0.483 e. The van der Waals surface area contributed by atoms with Crippen LogP contribution >= 0.6 is 0 Å². The van der Waals surface area contributed by atoms with Crippen molar-refractivity contribution in [2.24, 2.45) is 0 Å². The predicted octanol–water partition coefficient (Wildman–Crippen LogP) is 5.35. The molecule has 0 aliphatic heterocycles. The Labute approximate surface area is 153 Å². The van der Waals surface area contributed by atoms with Crippen LogP contribution in [0.5, 0.6) is 11.5 Å². The molecule has 0 atom stereocenters. The smallest absolute Gasteiger partial charge is 0.338 e. The van der Waals surface area contributed by atoms with E-state index in [0.717, 1.165) is 24.3 Å². The van der Waals surface area contributed by atoms with Crippen molar-refractivity contribution >= 4 is 5.97 Å². The van der Waals surface area contributed by atoms with E-state index in [4.69, 9.17) is 4.74 Å². The highest BCUT2D eigenvalue weighted by Crippen LogP contribution is 2.34. The number of benzene rings is 2. The van der Waals surface area contributed by atoms with Crippen LogP contribution in [0, 0.1) is 23.3 Å². The van der Waals surface area contributed by atoms with Crippen molar-refractivity contribution in [1.82, 2.24) is 0 Å². The summed E-state index contributed by atoms with van der Waals surface area (Å²) in [6, 6.07) is 3.65. The predicted molar refractivity (Wildman–Crippen MR) is 92.5 cm³/mol. The molecule has 0 radical (unpaired) electrons. The molecule has 0 unspecified atom stereocenters. The molecule has 0 aliphatic carbocycles. The third kappa shape index (κ3) is 4.55. The normalized spacial score (nSPS) is 10.4. The van der Waals surface area contributed by atoms with Gasteiger partial charge >= 0.3 is 5.97 Å². The molecule has 0 aromatic heterocycles. The van der Waals surface area contributed by atoms with Gasteiger partial charge in [-0.25, -0.2) is 18.0 Å². The average Bonchev–Trinajstić information content (AvgIpc) is 2.57. The minimum atomic E-state index is -1.47. The van der Waals surface area contributed by atoms with Crippen molar-refractivity contribution in [1.29, 1.82) is 0 Å². The van der Waals surface area contributed by atoms with Gasteiger partial charge in [0.25, 0.3) is 0 Å². The fraction of sp³-hybridized carbons (Fsp3) is 0.150. The Kier molecular flexibility index (Phi) is 6.05. The van der Waals surface area contributed by atoms with Gasteiger partial charge in [-0.05, 0) is 49.2 Å². The Morgan fingerprint density at radius 2 is 1.59 bits per heavy atom. The van der Waals surface area contributed by atoms with Gasteiger partial charge in [0, 0.05) is 11.1 Å². The standard InChI is InChI=1S/C20H16F4O3/c1-10(2)9-26-19-14(21)7-12(8-15(19)22)13-5-6-16(18(24)17(13)23)27-20(25)11(3)4/h5-8H,1,3,9H2,2,4H3. The lowest BCUT2D eigenvalue weighted by atomic mass is 10.0. The van der Waals surface area contributed by atoms with Crippen LogP contribution < -0.4 is 9.47 Å². The van der Waals surface area contributed by atoms with Crippen molar-refractivity contribution in [3.05, 3.63) is 71.8 Å². The topological polar surface area (TPSA) is 35.5 Å². The summed E-state index contributed by atoms with van der Waals surface area (Å²) in [5.41, 5.74) is -0.118. The van der Waals surface area contributed by atoms with Crippen LogP contribution in [0.3, 0.4) is 0 Å². The van der Waals surface area contributed by atoms with E-state index in [1.165, 1.54) is 6.92 Å². The fourth-order valence-electron chi connectivity index (χ4n) is 2.07. The van der Waals surface area contributed by atoms with Crippen LogP contribution in [0.15, 0.2) is 48.6 Å². The molecule has 27 heavy (non-hydrogen) atoms. The van der Waals surface area contributed by atoms with Crippen LogP contribution in [0.2, 0.25) is 0 Å². The molecule has 2 aromatic carbocycles. The SMILES string of the molecule is C=C(C)COc1c(F)cc(-c2ccc(OC(=O)C(=C)C)c(F)c2F)cc1F. The Bertz CT molecular complexity index is 912. The molecule has 0 fully saturated rings. The highest BCUT2D eigenvalue weighted by atomic mass is 19.2. The van der Waals surface area contributed by atoms with Gasteiger partial charge in [-0.3, -0.25) is 0 Å². The molecule has 0 aliphatic rings. The lowest BCUT2D eigenvalue weighted by Gasteiger charge is -2.12. The monoisotopic (exact) mass is 380 g/mol. The summed E-state index contributed by atoms with van der Waals surface area (Å²) in [6.07, 6.45) is 0. The summed E-state index contributed by atoms with van der Waals surface area (Å²) in [5, 5.41) is 0. The lowest BCUT2D eigenvalue weighted by Crippen LogP contribution is -2.10. The zero-order chi connectivity index (χ0) is 20.3. The van der Waals surface area contributed by atoms with Crippen LogP contribution in [-0.4, -0.2) is 12.6 Å². The zero-order valence-corrected chi connectivity index (χ0v) is 14.7. The summed E-state index contributed by atoms with van der Waals surface area (Å²) < 4.78 is 66.4. The average molecular weight is 380 g/mol. The minimum absolute atomic E-state index is 0.00613. The number of hydrogen-bond donors (Lipinski definition) is 0. The summed E-state index contributed by atoms with van der Waals surface area (Å²) in [4.78, 5) is 11.4. The number of rotatable bonds is 6. The molecular weight excluding hydrogens is 364 g/mol. The fourth-order valence-corrected chi connectivity index (χ4v) is 2.07. The molecule has 2 aromatic rings. The molecule has 0 heterocycles. The van der Waals surface area contributed by atoms with E-state index in [2.05, 4.69) is 17.9 Å². The van der Waals surface area contributed by atoms with Gasteiger partial charge in [-0.15, -0.1) is 0 Å². The first-order valence-corrected chi connectivity index (χ1v) is 7.74. The number of hydrogen-bond acceptors (Lipinski definition) is 3. The van der Waals surface area contributed by atoms with Crippen LogP contribution in [0.4, 0.5) is 17.6 Å². The quantitative estimate of drug-likeness (QED) is 0.223. The maximum Gasteiger partial charge on any atom is 0.338 e. The molecule has 0 saturated heterocycles. The second-order valence-electron chi connectivity index (χ2n) is 5.92. The first-order valence-electron chi connectivity index (χ1n) is 7.74. The van der Waals surface area contributed by atoms with Gasteiger partial charge in [-0.2, -0.15) is 4.39 Å². The highest BCUT2D eigenvalue weighted by molar-refractivity contribution is 5.88. The summed E-state index contributed by atoms with van der Waals surface area (Å²) >= 11 is 0. The maximum absolute atomic E-state index is 14.3. The number of carbonyl (C=O) groups is 1. The van der Waals surface area contributed by atoms with E-state index in [-0.39, 0.29) is 17.7 Å². The lowest BCUT2D eigenvalue weighted by molar-refractivity contribution is -0.130. The molecular formula is C20H16F4O3. The maximum atomic E-state index is 14.3. The van der Waals surface area contributed by atoms with Crippen LogP contribution in [0.1, 0.15) is 13.8 Å². The van der Waals surface area contributed by atoms with Gasteiger partial charge < -0.3 is 9.47 Å². The van der Waals surface area contributed by atoms with Crippen molar-refractivity contribution in [2.75, 3.05) is 6.61 Å². The molecule has 3 nitrogen and oxygen atoms in total. The summed E-state index contributed by atoms with van der Waals surface area (Å²) in [5.74, 6) is -7.28. The summed E-state index contributed by atoms with van der Waals surface area (Å²) in [6.45, 7) is 9.74. The first-order chi connectivity index (χ1) is 12.6. The van der Waals surface area contributed by atoms with E-state index in [9.17, 15) is 22.4 Å². The van der Waals surface area contributed by atoms with E-state index in [1.54, 1.807) is 6.92 Å². The molecule has 7 heteroatoms. The molecule has 0 saturated carbocycles. The first kappa shape index (κ1) is 20.2. The van der Waals surface area contributed by atoms with Crippen molar-refractivity contribution in [3.63, 3.8) is 0 Å². The third-order valence-electron chi connectivity index (χ3n) is 3.37. The number of carbonyl (C=O) groups excluding carboxylic acids is 1. The van der Waals surface area contributed by atoms with Gasteiger partial charge in [0.15, 0.2) is 29.0 Å². The van der Waals surface area contributed by atoms with Crippen molar-refractivity contribution in [2.45, 2.75) is 13.8 Å². The van der Waals surface area contributed by atoms with Gasteiger partial charge in [-0.1, -0.05) is 13.2 Å². The molecule has 0 bridgehead atoms. The Hall–Kier alpha value is -3.09. The Morgan fingerprint density at radius 3 is 2.11 bits per heavy atom. The second kappa shape index (κ2) is 8.07. The summed E-state index contributed by atoms with van der Waals surface area (Å²) in [7, 11) is 0. The van der Waals surface area contributed by atoms with Crippen LogP contribution in [0.25, 0.3) is 11.1 Å². The third-order valence-corrected chi connectivity index (χ3v) is 3.37. The van der Waals surface area contributed by atoms with Gasteiger partial charge in [0.05, 0.1) is 0 Å². The van der Waals surface area contributed by atoms with E-state index >= 15 is 0 Å². The van der Waals surface area contributed by atoms with Gasteiger partial charge in [0.2, 0.25) is 5.82 Å². The molecule has 142 valence electrons. The Morgan fingerprint density at radius 1 is 1.00 bits per heavy atom. The van der Waals surface area contributed by atoms with E-state index in [1.807, 2.05) is 0 Å². The molecule has 0 amide bonds. The van der Waals surface area contributed by atoms with E-state index in [0.29, 0.717) is 5.57 Å². The van der Waals surface area contributed by atoms with Crippen LogP contribution in [-0.2, 0) is 4.79 Å². The Balaban J connectivity index is 2.41. The number of ether oxygens (including phenoxy) is 2. The number of esters is 1. The van der Waals surface area contributed by atoms with Crippen molar-refractivity contribution < 1.29 is 31.8 Å². The highest BCUT2D eigenvalue weighted by Gasteiger charge is 2.21. The second-order valence-corrected chi connectivity index (χ2v) is 5.92. The molecule has 2 rings (SSSR count). The van der Waals surface area contributed by atoms with Gasteiger partial charge in [0.1, 0.15) is 6.61 Å². The van der Waals surface area contributed by atoms with E-state index < -0.39 is 46.3 Å². The number of halogens is 4. The molecule has 0 N–H and O–H groups in total. The van der Waals surface area contributed by atoms with Crippen molar-refractivity contribution in [3.8, 4) is 22.6 Å². The molecule has 0 spiro atoms. The largest absolute Gasteiger partial charge is 0.483 e. The zero-order valence-electron chi connectivity index (χ0n) is 14.7.